The van der Waals surface area contributed by atoms with Crippen LogP contribution in [0.5, 0.6) is 0 Å². The fraction of sp³-hybridized carbons (Fsp3) is 0.407. The number of ether oxygens (including phenoxy) is 1. The van der Waals surface area contributed by atoms with Gasteiger partial charge < -0.3 is 10.1 Å². The lowest BCUT2D eigenvalue weighted by Gasteiger charge is -2.28. The number of nitrogens with zero attached hydrogens (tertiary/aromatic N) is 1. The first kappa shape index (κ1) is 24.5. The number of halogens is 1. The van der Waals surface area contributed by atoms with E-state index in [0.29, 0.717) is 18.4 Å². The van der Waals surface area contributed by atoms with Crippen LogP contribution in [0.2, 0.25) is 0 Å². The van der Waals surface area contributed by atoms with Crippen LogP contribution in [0.15, 0.2) is 48.5 Å². The number of hydrogen-bond acceptors (Lipinski definition) is 4. The highest BCUT2D eigenvalue weighted by atomic mass is 19.1. The highest BCUT2D eigenvalue weighted by molar-refractivity contribution is 5.96. The molecule has 3 rings (SSSR count). The van der Waals surface area contributed by atoms with Crippen LogP contribution < -0.4 is 5.32 Å². The number of alkyl halides is 1. The number of hydrogen-bond donors (Lipinski definition) is 1. The van der Waals surface area contributed by atoms with Crippen molar-refractivity contribution in [1.29, 1.82) is 0 Å². The van der Waals surface area contributed by atoms with Crippen LogP contribution in [0, 0.1) is 17.8 Å². The summed E-state index contributed by atoms with van der Waals surface area (Å²) in [6.07, 6.45) is 0.584. The van der Waals surface area contributed by atoms with E-state index >= 15 is 0 Å². The van der Waals surface area contributed by atoms with Crippen molar-refractivity contribution in [3.63, 3.8) is 0 Å². The van der Waals surface area contributed by atoms with Gasteiger partial charge in [-0.15, -0.1) is 0 Å². The monoisotopic (exact) mass is 450 g/mol. The number of methoxy groups -OCH3 is 1. The Kier molecular flexibility index (Phi) is 8.62. The maximum atomic E-state index is 13.3. The Bertz CT molecular complexity index is 998. The van der Waals surface area contributed by atoms with Gasteiger partial charge in [0.15, 0.2) is 0 Å². The number of carbonyl (C=O) groups is 2. The van der Waals surface area contributed by atoms with Crippen molar-refractivity contribution in [1.82, 2.24) is 10.2 Å². The largest absolute Gasteiger partial charge is 0.467 e. The average molecular weight is 451 g/mol. The van der Waals surface area contributed by atoms with Gasteiger partial charge >= 0.3 is 5.97 Å². The molecule has 0 spiro atoms. The predicted molar refractivity (Wildman–Crippen MR) is 126 cm³/mol. The molecule has 0 aliphatic carbocycles. The first-order chi connectivity index (χ1) is 15.9. The van der Waals surface area contributed by atoms with Crippen molar-refractivity contribution in [2.75, 3.05) is 20.2 Å². The zero-order valence-electron chi connectivity index (χ0n) is 19.4. The number of carbonyl (C=O) groups excluding carboxylic acids is 2. The number of rotatable bonds is 6. The van der Waals surface area contributed by atoms with Crippen LogP contribution in [-0.4, -0.2) is 49.2 Å². The molecule has 0 unspecified atom stereocenters. The smallest absolute Gasteiger partial charge is 0.328 e. The lowest BCUT2D eigenvalue weighted by Crippen LogP contribution is -2.45. The number of amides is 1. The van der Waals surface area contributed by atoms with E-state index in [4.69, 9.17) is 4.74 Å². The minimum atomic E-state index is -0.694. The summed E-state index contributed by atoms with van der Waals surface area (Å²) in [5.41, 5.74) is 3.34. The van der Waals surface area contributed by atoms with Gasteiger partial charge in [0.1, 0.15) is 12.2 Å². The minimum absolute atomic E-state index is 0.0831. The van der Waals surface area contributed by atoms with Crippen LogP contribution in [0.1, 0.15) is 53.7 Å². The first-order valence-electron chi connectivity index (χ1n) is 11.3. The number of likely N-dealkylation sites (tertiary alicyclic amines) is 1. The molecule has 1 aliphatic heterocycles. The fourth-order valence-corrected chi connectivity index (χ4v) is 3.71. The second-order valence-electron chi connectivity index (χ2n) is 8.69. The van der Waals surface area contributed by atoms with E-state index < -0.39 is 18.2 Å². The summed E-state index contributed by atoms with van der Waals surface area (Å²) in [4.78, 5) is 26.6. The lowest BCUT2D eigenvalue weighted by atomic mass is 10.0. The molecule has 1 aliphatic rings. The van der Waals surface area contributed by atoms with E-state index in [1.807, 2.05) is 26.0 Å². The Morgan fingerprint density at radius 3 is 2.09 bits per heavy atom. The Balaban J connectivity index is 1.57. The third-order valence-corrected chi connectivity index (χ3v) is 5.78. The Hall–Kier alpha value is -3.17. The van der Waals surface area contributed by atoms with Crippen molar-refractivity contribution in [2.45, 2.75) is 45.4 Å². The van der Waals surface area contributed by atoms with E-state index in [9.17, 15) is 14.0 Å². The molecule has 1 fully saturated rings. The summed E-state index contributed by atoms with van der Waals surface area (Å²) in [5, 5.41) is 2.73. The van der Waals surface area contributed by atoms with Crippen molar-refractivity contribution >= 4 is 11.9 Å². The molecule has 1 heterocycles. The minimum Gasteiger partial charge on any atom is -0.467 e. The van der Waals surface area contributed by atoms with Crippen molar-refractivity contribution in [3.05, 3.63) is 70.8 Å². The quantitative estimate of drug-likeness (QED) is 0.535. The van der Waals surface area contributed by atoms with Gasteiger partial charge in [0.05, 0.1) is 7.11 Å². The molecule has 1 N–H and O–H groups in total. The second-order valence-corrected chi connectivity index (χ2v) is 8.69. The molecule has 1 saturated heterocycles. The number of benzene rings is 2. The SMILES string of the molecule is COC(=O)[C@@H](NC(=O)c1ccc(C#Cc2ccc(CN3CCC(F)CC3)cc2)cc1)C(C)C. The normalized spacial score (nSPS) is 15.4. The van der Waals surface area contributed by atoms with E-state index in [1.165, 1.54) is 12.7 Å². The molecule has 33 heavy (non-hydrogen) atoms. The maximum Gasteiger partial charge on any atom is 0.328 e. The summed E-state index contributed by atoms with van der Waals surface area (Å²) in [5.74, 6) is 5.38. The molecule has 5 nitrogen and oxygen atoms in total. The van der Waals surface area contributed by atoms with E-state index in [-0.39, 0.29) is 11.8 Å². The molecule has 0 aromatic heterocycles. The first-order valence-corrected chi connectivity index (χ1v) is 11.3. The van der Waals surface area contributed by atoms with Gasteiger partial charge in [0.2, 0.25) is 0 Å². The summed E-state index contributed by atoms with van der Waals surface area (Å²) in [6, 6.07) is 14.4. The Morgan fingerprint density at radius 1 is 1.03 bits per heavy atom. The van der Waals surface area contributed by atoms with Gasteiger partial charge in [-0.25, -0.2) is 9.18 Å². The maximum absolute atomic E-state index is 13.3. The van der Waals surface area contributed by atoms with Gasteiger partial charge in [-0.3, -0.25) is 9.69 Å². The lowest BCUT2D eigenvalue weighted by molar-refractivity contribution is -0.144. The fourth-order valence-electron chi connectivity index (χ4n) is 3.71. The van der Waals surface area contributed by atoms with Gasteiger partial charge in [-0.05, 0) is 60.7 Å². The molecular formula is C27H31FN2O3. The molecule has 2 aromatic carbocycles. The van der Waals surface area contributed by atoms with Gasteiger partial charge in [-0.1, -0.05) is 37.8 Å². The zero-order chi connectivity index (χ0) is 23.8. The van der Waals surface area contributed by atoms with Gasteiger partial charge in [0.25, 0.3) is 5.91 Å². The molecule has 0 radical (unpaired) electrons. The molecule has 6 heteroatoms. The Morgan fingerprint density at radius 2 is 1.58 bits per heavy atom. The van der Waals surface area contributed by atoms with E-state index in [2.05, 4.69) is 34.2 Å². The third-order valence-electron chi connectivity index (χ3n) is 5.78. The van der Waals surface area contributed by atoms with E-state index in [1.54, 1.807) is 24.3 Å². The number of piperidine rings is 1. The van der Waals surface area contributed by atoms with Crippen LogP contribution in [0.3, 0.4) is 0 Å². The predicted octanol–water partition coefficient (Wildman–Crippen LogP) is 3.95. The average Bonchev–Trinajstić information content (AvgIpc) is 2.83. The van der Waals surface area contributed by atoms with Crippen molar-refractivity contribution in [2.24, 2.45) is 5.92 Å². The summed E-state index contributed by atoms with van der Waals surface area (Å²) in [7, 11) is 1.31. The van der Waals surface area contributed by atoms with Crippen LogP contribution in [-0.2, 0) is 16.1 Å². The van der Waals surface area contributed by atoms with Gasteiger partial charge in [-0.2, -0.15) is 0 Å². The number of esters is 1. The molecule has 174 valence electrons. The third kappa shape index (κ3) is 7.16. The standard InChI is InChI=1S/C27H31FN2O3/c1-19(2)25(27(32)33-3)29-26(31)23-12-10-21(11-13-23)5-4-20-6-8-22(9-7-20)18-30-16-14-24(28)15-17-30/h6-13,19,24-25H,14-18H2,1-3H3,(H,29,31)/t25-/m0/s1. The Labute approximate surface area is 195 Å². The van der Waals surface area contributed by atoms with Crippen LogP contribution >= 0.6 is 0 Å². The van der Waals surface area contributed by atoms with Gasteiger partial charge in [0, 0.05) is 36.3 Å². The second kappa shape index (κ2) is 11.6. The molecule has 1 amide bonds. The van der Waals surface area contributed by atoms with Crippen LogP contribution in [0.4, 0.5) is 4.39 Å². The molecule has 0 bridgehead atoms. The highest BCUT2D eigenvalue weighted by Crippen LogP contribution is 2.16. The summed E-state index contributed by atoms with van der Waals surface area (Å²) in [6.45, 7) is 6.13. The summed E-state index contributed by atoms with van der Waals surface area (Å²) < 4.78 is 18.0. The van der Waals surface area contributed by atoms with Crippen molar-refractivity contribution in [3.8, 4) is 11.8 Å². The molecule has 1 atom stereocenters. The zero-order valence-corrected chi connectivity index (χ0v) is 19.4. The topological polar surface area (TPSA) is 58.6 Å². The highest BCUT2D eigenvalue weighted by Gasteiger charge is 2.25. The molecule has 0 saturated carbocycles. The van der Waals surface area contributed by atoms with Crippen molar-refractivity contribution < 1.29 is 18.7 Å². The molecule has 2 aromatic rings. The molecular weight excluding hydrogens is 419 g/mol. The number of nitrogens with one attached hydrogen (secondary N) is 1. The van der Waals surface area contributed by atoms with E-state index in [0.717, 1.165) is 30.8 Å². The van der Waals surface area contributed by atoms with Crippen LogP contribution in [0.25, 0.3) is 0 Å². The summed E-state index contributed by atoms with van der Waals surface area (Å²) >= 11 is 0.